The van der Waals surface area contributed by atoms with Crippen molar-refractivity contribution < 1.29 is 9.15 Å². The van der Waals surface area contributed by atoms with Crippen molar-refractivity contribution >= 4 is 0 Å². The normalized spacial score (nSPS) is 12.3. The monoisotopic (exact) mass is 246 g/mol. The van der Waals surface area contributed by atoms with Crippen molar-refractivity contribution in [2.75, 3.05) is 13.7 Å². The molecule has 0 aromatic carbocycles. The molecular weight excluding hydrogens is 228 g/mol. The molecule has 1 N–H and O–H groups in total. The van der Waals surface area contributed by atoms with Gasteiger partial charge < -0.3 is 14.5 Å². The molecule has 0 aliphatic heterocycles. The molecule has 2 heterocycles. The van der Waals surface area contributed by atoms with Crippen LogP contribution < -0.4 is 10.1 Å². The van der Waals surface area contributed by atoms with Crippen LogP contribution in [-0.2, 0) is 0 Å². The van der Waals surface area contributed by atoms with Crippen molar-refractivity contribution in [3.8, 4) is 5.75 Å². The Balaban J connectivity index is 2.33. The standard InChI is InChI=1S/C14H18N2O2/c1-3-6-16-14(11-5-8-18-10-11)12-4-7-15-9-13(12)17-2/h4-5,7-10,14,16H,3,6H2,1-2H3. The van der Waals surface area contributed by atoms with Gasteiger partial charge in [-0.2, -0.15) is 0 Å². The van der Waals surface area contributed by atoms with Crippen molar-refractivity contribution in [3.05, 3.63) is 48.2 Å². The SMILES string of the molecule is CCCNC(c1ccoc1)c1ccncc1OC. The van der Waals surface area contributed by atoms with E-state index in [9.17, 15) is 0 Å². The summed E-state index contributed by atoms with van der Waals surface area (Å²) in [5.41, 5.74) is 2.16. The van der Waals surface area contributed by atoms with Crippen LogP contribution in [0.3, 0.4) is 0 Å². The Morgan fingerprint density at radius 3 is 3.00 bits per heavy atom. The van der Waals surface area contributed by atoms with Gasteiger partial charge in [0.25, 0.3) is 0 Å². The van der Waals surface area contributed by atoms with E-state index in [-0.39, 0.29) is 6.04 Å². The van der Waals surface area contributed by atoms with Crippen LogP contribution in [0.4, 0.5) is 0 Å². The van der Waals surface area contributed by atoms with Crippen LogP contribution in [-0.4, -0.2) is 18.6 Å². The molecule has 0 saturated heterocycles. The quantitative estimate of drug-likeness (QED) is 0.851. The summed E-state index contributed by atoms with van der Waals surface area (Å²) < 4.78 is 10.5. The Kier molecular flexibility index (Phi) is 4.36. The highest BCUT2D eigenvalue weighted by molar-refractivity contribution is 5.38. The zero-order valence-corrected chi connectivity index (χ0v) is 10.7. The van der Waals surface area contributed by atoms with E-state index in [1.54, 1.807) is 32.0 Å². The number of pyridine rings is 1. The second-order valence-electron chi connectivity index (χ2n) is 4.06. The van der Waals surface area contributed by atoms with Crippen molar-refractivity contribution in [2.24, 2.45) is 0 Å². The zero-order chi connectivity index (χ0) is 12.8. The molecule has 2 rings (SSSR count). The van der Waals surface area contributed by atoms with Crippen LogP contribution in [0, 0.1) is 0 Å². The zero-order valence-electron chi connectivity index (χ0n) is 10.7. The summed E-state index contributed by atoms with van der Waals surface area (Å²) in [6.07, 6.45) is 8.02. The lowest BCUT2D eigenvalue weighted by atomic mass is 10.0. The van der Waals surface area contributed by atoms with E-state index in [0.29, 0.717) is 0 Å². The Morgan fingerprint density at radius 2 is 2.33 bits per heavy atom. The number of aromatic nitrogens is 1. The first-order chi connectivity index (χ1) is 8.86. The second-order valence-corrected chi connectivity index (χ2v) is 4.06. The molecule has 2 aromatic heterocycles. The average Bonchev–Trinajstić information content (AvgIpc) is 2.94. The van der Waals surface area contributed by atoms with Gasteiger partial charge in [0.1, 0.15) is 5.75 Å². The van der Waals surface area contributed by atoms with Gasteiger partial charge in [-0.05, 0) is 25.1 Å². The third-order valence-corrected chi connectivity index (χ3v) is 2.82. The van der Waals surface area contributed by atoms with E-state index in [1.807, 2.05) is 12.1 Å². The van der Waals surface area contributed by atoms with E-state index in [1.165, 1.54) is 0 Å². The highest BCUT2D eigenvalue weighted by Gasteiger charge is 2.18. The summed E-state index contributed by atoms with van der Waals surface area (Å²) in [6, 6.07) is 4.01. The predicted molar refractivity (Wildman–Crippen MR) is 69.6 cm³/mol. The minimum absolute atomic E-state index is 0.0710. The molecule has 0 amide bonds. The number of nitrogens with zero attached hydrogens (tertiary/aromatic N) is 1. The van der Waals surface area contributed by atoms with Crippen molar-refractivity contribution in [1.29, 1.82) is 0 Å². The minimum atomic E-state index is 0.0710. The Bertz CT molecular complexity index is 468. The van der Waals surface area contributed by atoms with Gasteiger partial charge >= 0.3 is 0 Å². The molecule has 0 radical (unpaired) electrons. The van der Waals surface area contributed by atoms with Gasteiger partial charge in [-0.25, -0.2) is 0 Å². The van der Waals surface area contributed by atoms with Crippen molar-refractivity contribution in [1.82, 2.24) is 10.3 Å². The lowest BCUT2D eigenvalue weighted by Crippen LogP contribution is -2.23. The first-order valence-corrected chi connectivity index (χ1v) is 6.10. The molecule has 0 aliphatic carbocycles. The molecule has 0 aliphatic rings. The van der Waals surface area contributed by atoms with Crippen LogP contribution in [0.5, 0.6) is 5.75 Å². The topological polar surface area (TPSA) is 47.3 Å². The van der Waals surface area contributed by atoms with Gasteiger partial charge in [-0.1, -0.05) is 6.92 Å². The fraction of sp³-hybridized carbons (Fsp3) is 0.357. The van der Waals surface area contributed by atoms with Crippen LogP contribution >= 0.6 is 0 Å². The second kappa shape index (κ2) is 6.21. The highest BCUT2D eigenvalue weighted by atomic mass is 16.5. The molecule has 1 unspecified atom stereocenters. The lowest BCUT2D eigenvalue weighted by Gasteiger charge is -2.19. The maximum atomic E-state index is 5.37. The Labute approximate surface area is 107 Å². The maximum absolute atomic E-state index is 5.37. The summed E-state index contributed by atoms with van der Waals surface area (Å²) in [4.78, 5) is 4.08. The maximum Gasteiger partial charge on any atom is 0.142 e. The van der Waals surface area contributed by atoms with Gasteiger partial charge in [0.05, 0.1) is 31.9 Å². The number of methoxy groups -OCH3 is 1. The summed E-state index contributed by atoms with van der Waals surface area (Å²) >= 11 is 0. The summed E-state index contributed by atoms with van der Waals surface area (Å²) in [6.45, 7) is 3.07. The van der Waals surface area contributed by atoms with Crippen LogP contribution in [0.15, 0.2) is 41.5 Å². The van der Waals surface area contributed by atoms with Crippen LogP contribution in [0.25, 0.3) is 0 Å². The van der Waals surface area contributed by atoms with Crippen molar-refractivity contribution in [2.45, 2.75) is 19.4 Å². The molecule has 18 heavy (non-hydrogen) atoms. The molecule has 2 aromatic rings. The molecular formula is C14H18N2O2. The smallest absolute Gasteiger partial charge is 0.142 e. The van der Waals surface area contributed by atoms with Gasteiger partial charge in [0.2, 0.25) is 0 Å². The number of hydrogen-bond donors (Lipinski definition) is 1. The van der Waals surface area contributed by atoms with Gasteiger partial charge in [-0.15, -0.1) is 0 Å². The summed E-state index contributed by atoms with van der Waals surface area (Å²) in [5.74, 6) is 0.785. The average molecular weight is 246 g/mol. The van der Waals surface area contributed by atoms with E-state index < -0.39 is 0 Å². The molecule has 1 atom stereocenters. The third kappa shape index (κ3) is 2.71. The largest absolute Gasteiger partial charge is 0.495 e. The number of ether oxygens (including phenoxy) is 1. The molecule has 0 bridgehead atoms. The fourth-order valence-corrected chi connectivity index (χ4v) is 1.94. The van der Waals surface area contributed by atoms with Crippen molar-refractivity contribution in [3.63, 3.8) is 0 Å². The lowest BCUT2D eigenvalue weighted by molar-refractivity contribution is 0.401. The number of nitrogens with one attached hydrogen (secondary N) is 1. The Morgan fingerprint density at radius 1 is 1.44 bits per heavy atom. The molecule has 0 spiro atoms. The predicted octanol–water partition coefficient (Wildman–Crippen LogP) is 2.77. The first kappa shape index (κ1) is 12.6. The molecule has 96 valence electrons. The van der Waals surface area contributed by atoms with Gasteiger partial charge in [0.15, 0.2) is 0 Å². The molecule has 4 heteroatoms. The third-order valence-electron chi connectivity index (χ3n) is 2.82. The van der Waals surface area contributed by atoms with E-state index in [4.69, 9.17) is 9.15 Å². The van der Waals surface area contributed by atoms with Gasteiger partial charge in [0, 0.05) is 17.3 Å². The molecule has 0 fully saturated rings. The van der Waals surface area contributed by atoms with Gasteiger partial charge in [-0.3, -0.25) is 4.98 Å². The van der Waals surface area contributed by atoms with Crippen LogP contribution in [0.2, 0.25) is 0 Å². The number of hydrogen-bond acceptors (Lipinski definition) is 4. The molecule has 0 saturated carbocycles. The Hall–Kier alpha value is -1.81. The number of furan rings is 1. The van der Waals surface area contributed by atoms with E-state index >= 15 is 0 Å². The molecule has 4 nitrogen and oxygen atoms in total. The van der Waals surface area contributed by atoms with E-state index in [2.05, 4.69) is 17.2 Å². The van der Waals surface area contributed by atoms with E-state index in [0.717, 1.165) is 29.8 Å². The fourth-order valence-electron chi connectivity index (χ4n) is 1.94. The highest BCUT2D eigenvalue weighted by Crippen LogP contribution is 2.29. The van der Waals surface area contributed by atoms with Crippen LogP contribution in [0.1, 0.15) is 30.5 Å². The minimum Gasteiger partial charge on any atom is -0.495 e. The first-order valence-electron chi connectivity index (χ1n) is 6.10. The number of rotatable bonds is 6. The summed E-state index contributed by atoms with van der Waals surface area (Å²) in [7, 11) is 1.66. The summed E-state index contributed by atoms with van der Waals surface area (Å²) in [5, 5.41) is 3.50.